The summed E-state index contributed by atoms with van der Waals surface area (Å²) in [7, 11) is 6.04. The Balaban J connectivity index is 1.49. The highest BCUT2D eigenvalue weighted by Gasteiger charge is 2.63. The van der Waals surface area contributed by atoms with Crippen LogP contribution < -0.4 is 0 Å². The third-order valence-corrected chi connectivity index (χ3v) is 7.81. The Morgan fingerprint density at radius 2 is 2.08 bits per heavy atom. The number of rotatable bonds is 3. The van der Waals surface area contributed by atoms with Gasteiger partial charge in [-0.25, -0.2) is 4.98 Å². The summed E-state index contributed by atoms with van der Waals surface area (Å²) in [5.41, 5.74) is 0.242. The van der Waals surface area contributed by atoms with E-state index in [-0.39, 0.29) is 5.41 Å². The lowest BCUT2D eigenvalue weighted by Gasteiger charge is -2.44. The molecule has 1 aliphatic carbocycles. The maximum Gasteiger partial charge on any atom is 0.229 e. The van der Waals surface area contributed by atoms with Gasteiger partial charge in [0, 0.05) is 38.8 Å². The molecular weight excluding hydrogens is 332 g/mol. The number of aromatic nitrogens is 1. The molecule has 2 aliphatic heterocycles. The summed E-state index contributed by atoms with van der Waals surface area (Å²) in [4.78, 5) is 24.3. The third-order valence-electron chi connectivity index (χ3n) is 7.05. The van der Waals surface area contributed by atoms with E-state index in [9.17, 15) is 4.79 Å². The molecule has 2 atom stereocenters. The summed E-state index contributed by atoms with van der Waals surface area (Å²) in [5, 5.41) is 3.29. The molecule has 0 unspecified atom stereocenters. The van der Waals surface area contributed by atoms with E-state index in [1.807, 2.05) is 25.2 Å². The maximum absolute atomic E-state index is 13.1. The third kappa shape index (κ3) is 2.82. The molecule has 3 heterocycles. The zero-order chi connectivity index (χ0) is 17.7. The molecule has 6 heteroatoms. The Kier molecular flexibility index (Phi) is 4.41. The molecule has 5 nitrogen and oxygen atoms in total. The van der Waals surface area contributed by atoms with Crippen LogP contribution in [0.1, 0.15) is 30.7 Å². The number of likely N-dealkylation sites (tertiary alicyclic amines) is 2. The number of carbonyl (C=O) groups is 1. The van der Waals surface area contributed by atoms with Crippen molar-refractivity contribution in [1.29, 1.82) is 0 Å². The van der Waals surface area contributed by atoms with Gasteiger partial charge in [-0.1, -0.05) is 0 Å². The van der Waals surface area contributed by atoms with Crippen molar-refractivity contribution in [1.82, 2.24) is 19.7 Å². The molecule has 4 rings (SSSR count). The topological polar surface area (TPSA) is 39.7 Å². The number of hydrogen-bond donors (Lipinski definition) is 0. The van der Waals surface area contributed by atoms with Gasteiger partial charge in [-0.3, -0.25) is 9.69 Å². The highest BCUT2D eigenvalue weighted by molar-refractivity contribution is 7.09. The van der Waals surface area contributed by atoms with Gasteiger partial charge < -0.3 is 9.80 Å². The van der Waals surface area contributed by atoms with Crippen molar-refractivity contribution in [2.45, 2.75) is 32.2 Å². The zero-order valence-electron chi connectivity index (χ0n) is 15.7. The van der Waals surface area contributed by atoms with Gasteiger partial charge in [-0.15, -0.1) is 11.3 Å². The minimum atomic E-state index is -0.129. The monoisotopic (exact) mass is 362 g/mol. The lowest BCUT2D eigenvalue weighted by molar-refractivity contribution is -0.141. The first-order valence-corrected chi connectivity index (χ1v) is 10.3. The van der Waals surface area contributed by atoms with Gasteiger partial charge in [0.25, 0.3) is 0 Å². The molecule has 25 heavy (non-hydrogen) atoms. The van der Waals surface area contributed by atoms with E-state index in [4.69, 9.17) is 0 Å². The van der Waals surface area contributed by atoms with E-state index in [0.29, 0.717) is 17.2 Å². The van der Waals surface area contributed by atoms with Crippen LogP contribution in [0.2, 0.25) is 0 Å². The van der Waals surface area contributed by atoms with Gasteiger partial charge in [0.1, 0.15) is 5.01 Å². The first kappa shape index (κ1) is 17.4. The number of amides is 1. The first-order chi connectivity index (χ1) is 12.0. The molecule has 138 valence electrons. The highest BCUT2D eigenvalue weighted by Crippen LogP contribution is 2.62. The number of fused-ring (bicyclic) bond motifs is 2. The molecule has 0 N–H and O–H groups in total. The second-order valence-electron chi connectivity index (χ2n) is 8.67. The van der Waals surface area contributed by atoms with E-state index in [1.54, 1.807) is 11.3 Å². The normalized spacial score (nSPS) is 32.2. The van der Waals surface area contributed by atoms with Crippen molar-refractivity contribution in [3.8, 4) is 0 Å². The molecule has 0 aromatic carbocycles. The summed E-state index contributed by atoms with van der Waals surface area (Å²) in [6.45, 7) is 5.31. The minimum absolute atomic E-state index is 0.129. The van der Waals surface area contributed by atoms with E-state index in [1.165, 1.54) is 24.3 Å². The molecule has 3 aliphatic rings. The van der Waals surface area contributed by atoms with Gasteiger partial charge in [-0.2, -0.15) is 0 Å². The molecule has 1 saturated carbocycles. The van der Waals surface area contributed by atoms with Crippen molar-refractivity contribution in [3.05, 3.63) is 16.6 Å². The molecule has 1 spiro atoms. The molecule has 0 bridgehead atoms. The molecule has 1 aromatic heterocycles. The fraction of sp³-hybridized carbons (Fsp3) is 0.789. The van der Waals surface area contributed by atoms with Crippen molar-refractivity contribution in [3.63, 3.8) is 0 Å². The SMILES string of the molecule is CN1C[C@H]2C3(CCN(Cc4nccs4)CC3)CC[C@@]2(C(=O)N(C)C)C1. The van der Waals surface area contributed by atoms with Crippen molar-refractivity contribution < 1.29 is 4.79 Å². The summed E-state index contributed by atoms with van der Waals surface area (Å²) in [6, 6.07) is 0. The van der Waals surface area contributed by atoms with Crippen molar-refractivity contribution in [2.75, 3.05) is 47.3 Å². The zero-order valence-corrected chi connectivity index (χ0v) is 16.5. The standard InChI is InChI=1S/C19H30N4OS/c1-21(2)17(24)19-5-4-18(15(19)12-22(3)14-19)6-9-23(10-7-18)13-16-20-8-11-25-16/h8,11,15H,4-7,9-10,12-14H2,1-3H3/t15-,19+/m0/s1. The van der Waals surface area contributed by atoms with Gasteiger partial charge in [0.05, 0.1) is 12.0 Å². The van der Waals surface area contributed by atoms with E-state index in [2.05, 4.69) is 27.2 Å². The van der Waals surface area contributed by atoms with Crippen molar-refractivity contribution in [2.24, 2.45) is 16.7 Å². The molecule has 0 radical (unpaired) electrons. The van der Waals surface area contributed by atoms with Crippen LogP contribution in [0, 0.1) is 16.7 Å². The summed E-state index contributed by atoms with van der Waals surface area (Å²) in [6.07, 6.45) is 6.68. The van der Waals surface area contributed by atoms with E-state index in [0.717, 1.165) is 39.1 Å². The second kappa shape index (κ2) is 6.32. The van der Waals surface area contributed by atoms with Crippen LogP contribution in [0.5, 0.6) is 0 Å². The Bertz CT molecular complexity index is 623. The van der Waals surface area contributed by atoms with Gasteiger partial charge in [0.15, 0.2) is 0 Å². The summed E-state index contributed by atoms with van der Waals surface area (Å²) < 4.78 is 0. The Labute approximate surface area is 155 Å². The molecule has 1 amide bonds. The van der Waals surface area contributed by atoms with Gasteiger partial charge in [-0.05, 0) is 57.2 Å². The molecular formula is C19H30N4OS. The highest BCUT2D eigenvalue weighted by atomic mass is 32.1. The van der Waals surface area contributed by atoms with Gasteiger partial charge in [0.2, 0.25) is 5.91 Å². The van der Waals surface area contributed by atoms with E-state index < -0.39 is 0 Å². The number of nitrogens with zero attached hydrogens (tertiary/aromatic N) is 4. The average Bonchev–Trinajstić information content (AvgIpc) is 3.27. The van der Waals surface area contributed by atoms with E-state index >= 15 is 0 Å². The quantitative estimate of drug-likeness (QED) is 0.826. The van der Waals surface area contributed by atoms with Crippen LogP contribution in [-0.2, 0) is 11.3 Å². The predicted molar refractivity (Wildman–Crippen MR) is 100 cm³/mol. The van der Waals surface area contributed by atoms with Crippen LogP contribution >= 0.6 is 11.3 Å². The summed E-state index contributed by atoms with van der Waals surface area (Å²) in [5.74, 6) is 0.894. The number of carbonyl (C=O) groups excluding carboxylic acids is 1. The molecule has 1 aromatic rings. The number of hydrogen-bond acceptors (Lipinski definition) is 5. The lowest BCUT2D eigenvalue weighted by atomic mass is 9.65. The number of piperidine rings is 1. The fourth-order valence-corrected chi connectivity index (χ4v) is 6.53. The van der Waals surface area contributed by atoms with Crippen LogP contribution in [0.4, 0.5) is 0 Å². The Morgan fingerprint density at radius 1 is 1.32 bits per heavy atom. The number of thiazole rings is 1. The predicted octanol–water partition coefficient (Wildman–Crippen LogP) is 2.16. The first-order valence-electron chi connectivity index (χ1n) is 9.46. The average molecular weight is 363 g/mol. The maximum atomic E-state index is 13.1. The Morgan fingerprint density at radius 3 is 2.72 bits per heavy atom. The van der Waals surface area contributed by atoms with Gasteiger partial charge >= 0.3 is 0 Å². The molecule has 2 saturated heterocycles. The smallest absolute Gasteiger partial charge is 0.229 e. The molecule has 3 fully saturated rings. The van der Waals surface area contributed by atoms with Crippen LogP contribution in [0.25, 0.3) is 0 Å². The Hall–Kier alpha value is -0.980. The van der Waals surface area contributed by atoms with Crippen molar-refractivity contribution >= 4 is 17.2 Å². The minimum Gasteiger partial charge on any atom is -0.348 e. The summed E-state index contributed by atoms with van der Waals surface area (Å²) >= 11 is 1.75. The largest absolute Gasteiger partial charge is 0.348 e. The second-order valence-corrected chi connectivity index (χ2v) is 9.65. The lowest BCUT2D eigenvalue weighted by Crippen LogP contribution is -2.48. The van der Waals surface area contributed by atoms with Crippen LogP contribution in [0.3, 0.4) is 0 Å². The van der Waals surface area contributed by atoms with Crippen LogP contribution in [-0.4, -0.2) is 72.9 Å². The fourth-order valence-electron chi connectivity index (χ4n) is 5.87. The van der Waals surface area contributed by atoms with Crippen LogP contribution in [0.15, 0.2) is 11.6 Å².